The zero-order valence-corrected chi connectivity index (χ0v) is 12.2. The van der Waals surface area contributed by atoms with Crippen LogP contribution in [0.25, 0.3) is 0 Å². The summed E-state index contributed by atoms with van der Waals surface area (Å²) < 4.78 is 0. The van der Waals surface area contributed by atoms with E-state index in [1.807, 2.05) is 36.4 Å². The predicted octanol–water partition coefficient (Wildman–Crippen LogP) is 2.15. The summed E-state index contributed by atoms with van der Waals surface area (Å²) in [4.78, 5) is 19.1. The molecule has 0 aliphatic carbocycles. The van der Waals surface area contributed by atoms with E-state index in [4.69, 9.17) is 5.73 Å². The number of hydrogen-bond donors (Lipinski definition) is 2. The molecule has 1 aromatic heterocycles. The lowest BCUT2D eigenvalue weighted by atomic mass is 9.74. The van der Waals surface area contributed by atoms with Gasteiger partial charge in [-0.15, -0.1) is 0 Å². The molecule has 5 heteroatoms. The average molecular weight is 294 g/mol. The van der Waals surface area contributed by atoms with Gasteiger partial charge in [-0.3, -0.25) is 4.79 Å². The predicted molar refractivity (Wildman–Crippen MR) is 86.8 cm³/mol. The molecule has 22 heavy (non-hydrogen) atoms. The van der Waals surface area contributed by atoms with Gasteiger partial charge in [0.25, 0.3) is 0 Å². The van der Waals surface area contributed by atoms with Crippen molar-refractivity contribution in [2.45, 2.75) is 18.3 Å². The highest BCUT2D eigenvalue weighted by molar-refractivity contribution is 6.05. The number of benzene rings is 1. The number of fused-ring (bicyclic) bond motifs is 2. The zero-order valence-electron chi connectivity index (χ0n) is 12.2. The van der Waals surface area contributed by atoms with E-state index >= 15 is 0 Å². The Morgan fingerprint density at radius 3 is 2.59 bits per heavy atom. The molecular weight excluding hydrogens is 276 g/mol. The van der Waals surface area contributed by atoms with E-state index in [1.54, 1.807) is 6.20 Å². The molecule has 0 saturated carbocycles. The van der Waals surface area contributed by atoms with Crippen LogP contribution in [0.3, 0.4) is 0 Å². The second-order valence-corrected chi connectivity index (χ2v) is 6.01. The van der Waals surface area contributed by atoms with Crippen LogP contribution in [0.4, 0.5) is 17.2 Å². The van der Waals surface area contributed by atoms with Gasteiger partial charge in [0.15, 0.2) is 0 Å². The van der Waals surface area contributed by atoms with Gasteiger partial charge >= 0.3 is 0 Å². The number of carbonyl (C=O) groups excluding carboxylic acids is 1. The van der Waals surface area contributed by atoms with Gasteiger partial charge in [0.05, 0.1) is 5.41 Å². The van der Waals surface area contributed by atoms with Crippen LogP contribution in [-0.4, -0.2) is 24.0 Å². The molecule has 0 unspecified atom stereocenters. The van der Waals surface area contributed by atoms with Gasteiger partial charge in [0.2, 0.25) is 5.91 Å². The SMILES string of the molecule is Nc1ccc(N2CCC3(CC2)C(=O)Nc2ncccc23)cc1. The Hall–Kier alpha value is -2.56. The van der Waals surface area contributed by atoms with Gasteiger partial charge in [0.1, 0.15) is 5.82 Å². The molecule has 1 saturated heterocycles. The van der Waals surface area contributed by atoms with E-state index in [0.717, 1.165) is 48.7 Å². The van der Waals surface area contributed by atoms with Crippen LogP contribution in [0.15, 0.2) is 42.6 Å². The molecule has 1 amide bonds. The Labute approximate surface area is 129 Å². The Bertz CT molecular complexity index is 718. The Balaban J connectivity index is 1.59. The van der Waals surface area contributed by atoms with E-state index in [-0.39, 0.29) is 5.91 Å². The molecule has 3 N–H and O–H groups in total. The van der Waals surface area contributed by atoms with Crippen LogP contribution < -0.4 is 16.0 Å². The molecule has 1 fully saturated rings. The molecule has 2 aliphatic rings. The number of nitrogens with two attached hydrogens (primary N) is 1. The minimum Gasteiger partial charge on any atom is -0.399 e. The van der Waals surface area contributed by atoms with Crippen LogP contribution >= 0.6 is 0 Å². The van der Waals surface area contributed by atoms with Crippen molar-refractivity contribution < 1.29 is 4.79 Å². The number of carbonyl (C=O) groups is 1. The number of piperidine rings is 1. The lowest BCUT2D eigenvalue weighted by Crippen LogP contribution is -2.46. The summed E-state index contributed by atoms with van der Waals surface area (Å²) in [5.41, 5.74) is 8.32. The first-order chi connectivity index (χ1) is 10.7. The zero-order chi connectivity index (χ0) is 15.2. The fourth-order valence-corrected chi connectivity index (χ4v) is 3.57. The van der Waals surface area contributed by atoms with Crippen LogP contribution in [0.1, 0.15) is 18.4 Å². The molecule has 1 spiro atoms. The third-order valence-corrected chi connectivity index (χ3v) is 4.87. The summed E-state index contributed by atoms with van der Waals surface area (Å²) >= 11 is 0. The summed E-state index contributed by atoms with van der Waals surface area (Å²) in [7, 11) is 0. The molecule has 1 aromatic carbocycles. The molecule has 3 heterocycles. The number of anilines is 3. The van der Waals surface area contributed by atoms with Crippen molar-refractivity contribution in [2.24, 2.45) is 0 Å². The number of nitrogen functional groups attached to an aromatic ring is 1. The van der Waals surface area contributed by atoms with Gasteiger partial charge in [-0.25, -0.2) is 4.98 Å². The summed E-state index contributed by atoms with van der Waals surface area (Å²) in [5, 5.41) is 2.93. The number of amides is 1. The normalized spacial score (nSPS) is 19.1. The molecular formula is C17H18N4O. The Morgan fingerprint density at radius 2 is 1.86 bits per heavy atom. The topological polar surface area (TPSA) is 71.2 Å². The lowest BCUT2D eigenvalue weighted by molar-refractivity contribution is -0.121. The Morgan fingerprint density at radius 1 is 1.14 bits per heavy atom. The maximum Gasteiger partial charge on any atom is 0.236 e. The largest absolute Gasteiger partial charge is 0.399 e. The van der Waals surface area contributed by atoms with Gasteiger partial charge in [-0.2, -0.15) is 0 Å². The van der Waals surface area contributed by atoms with Crippen molar-refractivity contribution in [1.29, 1.82) is 0 Å². The van der Waals surface area contributed by atoms with Crippen molar-refractivity contribution in [1.82, 2.24) is 4.98 Å². The standard InChI is InChI=1S/C17H18N4O/c18-12-3-5-13(6-4-12)21-10-7-17(8-11-21)14-2-1-9-19-15(14)20-16(17)22/h1-6,9H,7-8,10-11,18H2,(H,19,20,22). The summed E-state index contributed by atoms with van der Waals surface area (Å²) in [6.45, 7) is 1.71. The third-order valence-electron chi connectivity index (χ3n) is 4.87. The van der Waals surface area contributed by atoms with Gasteiger partial charge < -0.3 is 16.0 Å². The molecule has 112 valence electrons. The van der Waals surface area contributed by atoms with Crippen molar-refractivity contribution in [2.75, 3.05) is 29.0 Å². The van der Waals surface area contributed by atoms with Gasteiger partial charge in [-0.1, -0.05) is 6.07 Å². The van der Waals surface area contributed by atoms with Gasteiger partial charge in [-0.05, 0) is 43.2 Å². The highest BCUT2D eigenvalue weighted by atomic mass is 16.2. The van der Waals surface area contributed by atoms with E-state index in [2.05, 4.69) is 15.2 Å². The number of nitrogens with zero attached hydrogens (tertiary/aromatic N) is 2. The molecule has 0 bridgehead atoms. The highest BCUT2D eigenvalue weighted by Crippen LogP contribution is 2.44. The van der Waals surface area contributed by atoms with Crippen molar-refractivity contribution in [3.8, 4) is 0 Å². The molecule has 4 rings (SSSR count). The number of pyridine rings is 1. The second-order valence-electron chi connectivity index (χ2n) is 6.01. The van der Waals surface area contributed by atoms with Crippen LogP contribution in [0.2, 0.25) is 0 Å². The van der Waals surface area contributed by atoms with E-state index in [0.29, 0.717) is 0 Å². The second kappa shape index (κ2) is 4.73. The fraction of sp³-hybridized carbons (Fsp3) is 0.294. The average Bonchev–Trinajstić information content (AvgIpc) is 2.82. The molecule has 2 aromatic rings. The van der Waals surface area contributed by atoms with Crippen molar-refractivity contribution in [3.05, 3.63) is 48.2 Å². The Kier molecular flexibility index (Phi) is 2.82. The van der Waals surface area contributed by atoms with Crippen molar-refractivity contribution >= 4 is 23.1 Å². The molecule has 2 aliphatic heterocycles. The third kappa shape index (κ3) is 1.85. The first-order valence-electron chi connectivity index (χ1n) is 7.56. The van der Waals surface area contributed by atoms with Crippen LogP contribution in [0.5, 0.6) is 0 Å². The van der Waals surface area contributed by atoms with E-state index in [9.17, 15) is 4.79 Å². The minimum atomic E-state index is -0.409. The number of aromatic nitrogens is 1. The van der Waals surface area contributed by atoms with E-state index < -0.39 is 5.41 Å². The number of hydrogen-bond acceptors (Lipinski definition) is 4. The van der Waals surface area contributed by atoms with Gasteiger partial charge in [0, 0.05) is 36.2 Å². The molecule has 0 atom stereocenters. The van der Waals surface area contributed by atoms with E-state index in [1.165, 1.54) is 0 Å². The summed E-state index contributed by atoms with van der Waals surface area (Å²) in [6, 6.07) is 11.9. The van der Waals surface area contributed by atoms with Crippen LogP contribution in [-0.2, 0) is 10.2 Å². The summed E-state index contributed by atoms with van der Waals surface area (Å²) in [6.07, 6.45) is 3.34. The quantitative estimate of drug-likeness (QED) is 0.791. The fourth-order valence-electron chi connectivity index (χ4n) is 3.57. The minimum absolute atomic E-state index is 0.0955. The molecule has 0 radical (unpaired) electrons. The number of rotatable bonds is 1. The van der Waals surface area contributed by atoms with Crippen LogP contribution in [0, 0.1) is 0 Å². The first-order valence-corrected chi connectivity index (χ1v) is 7.56. The highest BCUT2D eigenvalue weighted by Gasteiger charge is 2.48. The lowest BCUT2D eigenvalue weighted by Gasteiger charge is -2.39. The molecule has 5 nitrogen and oxygen atoms in total. The maximum atomic E-state index is 12.5. The maximum absolute atomic E-state index is 12.5. The monoisotopic (exact) mass is 294 g/mol. The number of nitrogens with one attached hydrogen (secondary N) is 1. The first kappa shape index (κ1) is 13.1. The van der Waals surface area contributed by atoms with Crippen molar-refractivity contribution in [3.63, 3.8) is 0 Å². The summed E-state index contributed by atoms with van der Waals surface area (Å²) in [5.74, 6) is 0.826. The smallest absolute Gasteiger partial charge is 0.236 e.